The lowest BCUT2D eigenvalue weighted by Crippen LogP contribution is -2.25. The standard InChI is InChI=1S/C19H17N3O3/c1-13-6-2-5-9-17(13)25-12-18(23)22-20-11-15-10-14-7-3-4-8-16(14)21-19(15)24/h2-11H,12H2,1H3,(H,21,24)(H,22,23). The molecular weight excluding hydrogens is 318 g/mol. The summed E-state index contributed by atoms with van der Waals surface area (Å²) in [7, 11) is 0. The fourth-order valence-electron chi connectivity index (χ4n) is 2.33. The van der Waals surface area contributed by atoms with Gasteiger partial charge in [-0.25, -0.2) is 5.43 Å². The van der Waals surface area contributed by atoms with Crippen molar-refractivity contribution in [1.29, 1.82) is 0 Å². The molecule has 1 amide bonds. The number of aromatic amines is 1. The van der Waals surface area contributed by atoms with Crippen LogP contribution in [0.1, 0.15) is 11.1 Å². The lowest BCUT2D eigenvalue weighted by Gasteiger charge is -2.07. The molecule has 0 saturated carbocycles. The van der Waals surface area contributed by atoms with E-state index < -0.39 is 5.91 Å². The van der Waals surface area contributed by atoms with Crippen LogP contribution in [0.25, 0.3) is 10.9 Å². The van der Waals surface area contributed by atoms with Gasteiger partial charge in [-0.3, -0.25) is 9.59 Å². The summed E-state index contributed by atoms with van der Waals surface area (Å²) in [6, 6.07) is 16.6. The summed E-state index contributed by atoms with van der Waals surface area (Å²) in [5, 5.41) is 4.71. The first kappa shape index (κ1) is 16.4. The highest BCUT2D eigenvalue weighted by molar-refractivity contribution is 5.88. The Morgan fingerprint density at radius 3 is 2.80 bits per heavy atom. The van der Waals surface area contributed by atoms with Crippen LogP contribution in [0.15, 0.2) is 64.5 Å². The van der Waals surface area contributed by atoms with E-state index in [4.69, 9.17) is 4.74 Å². The molecule has 0 saturated heterocycles. The molecule has 0 unspecified atom stereocenters. The van der Waals surface area contributed by atoms with Crippen molar-refractivity contribution in [2.45, 2.75) is 6.92 Å². The van der Waals surface area contributed by atoms with Crippen LogP contribution in [0.2, 0.25) is 0 Å². The molecule has 0 radical (unpaired) electrons. The van der Waals surface area contributed by atoms with Gasteiger partial charge < -0.3 is 9.72 Å². The zero-order valence-electron chi connectivity index (χ0n) is 13.7. The SMILES string of the molecule is Cc1ccccc1OCC(=O)NN=Cc1cc2ccccc2[nH]c1=O. The number of benzene rings is 2. The molecule has 2 N–H and O–H groups in total. The Morgan fingerprint density at radius 1 is 1.20 bits per heavy atom. The summed E-state index contributed by atoms with van der Waals surface area (Å²) in [5.41, 5.74) is 4.13. The van der Waals surface area contributed by atoms with Gasteiger partial charge in [0.05, 0.1) is 11.8 Å². The highest BCUT2D eigenvalue weighted by Crippen LogP contribution is 2.15. The lowest BCUT2D eigenvalue weighted by molar-refractivity contribution is -0.123. The third-order valence-electron chi connectivity index (χ3n) is 3.63. The number of nitrogens with zero attached hydrogens (tertiary/aromatic N) is 1. The minimum atomic E-state index is -0.406. The molecule has 0 fully saturated rings. The number of hydrogen-bond acceptors (Lipinski definition) is 4. The molecule has 0 spiro atoms. The Hall–Kier alpha value is -3.41. The van der Waals surface area contributed by atoms with Crippen LogP contribution in [-0.2, 0) is 4.79 Å². The largest absolute Gasteiger partial charge is 0.483 e. The van der Waals surface area contributed by atoms with E-state index >= 15 is 0 Å². The molecule has 6 nitrogen and oxygen atoms in total. The smallest absolute Gasteiger partial charge is 0.277 e. The van der Waals surface area contributed by atoms with Crippen LogP contribution < -0.4 is 15.7 Å². The Balaban J connectivity index is 1.61. The molecule has 3 rings (SSSR count). The van der Waals surface area contributed by atoms with Gasteiger partial charge in [0.2, 0.25) is 0 Å². The van der Waals surface area contributed by atoms with Gasteiger partial charge in [-0.1, -0.05) is 36.4 Å². The zero-order valence-corrected chi connectivity index (χ0v) is 13.7. The van der Waals surface area contributed by atoms with E-state index in [0.717, 1.165) is 16.5 Å². The van der Waals surface area contributed by atoms with Crippen LogP contribution in [0.5, 0.6) is 5.75 Å². The Bertz CT molecular complexity index is 992. The summed E-state index contributed by atoms with van der Waals surface area (Å²) >= 11 is 0. The molecule has 3 aromatic rings. The highest BCUT2D eigenvalue weighted by Gasteiger charge is 2.04. The number of para-hydroxylation sites is 2. The first-order valence-corrected chi connectivity index (χ1v) is 7.76. The summed E-state index contributed by atoms with van der Waals surface area (Å²) in [5.74, 6) is 0.240. The molecule has 0 aliphatic carbocycles. The van der Waals surface area contributed by atoms with Crippen LogP contribution in [-0.4, -0.2) is 23.7 Å². The number of hydrazone groups is 1. The van der Waals surface area contributed by atoms with Crippen molar-refractivity contribution in [2.75, 3.05) is 6.61 Å². The van der Waals surface area contributed by atoms with Gasteiger partial charge in [-0.05, 0) is 36.1 Å². The van der Waals surface area contributed by atoms with Crippen LogP contribution in [0, 0.1) is 6.92 Å². The first-order chi connectivity index (χ1) is 12.1. The monoisotopic (exact) mass is 335 g/mol. The molecule has 0 aliphatic heterocycles. The minimum Gasteiger partial charge on any atom is -0.483 e. The van der Waals surface area contributed by atoms with Gasteiger partial charge in [0.1, 0.15) is 5.75 Å². The van der Waals surface area contributed by atoms with Crippen molar-refractivity contribution in [3.63, 3.8) is 0 Å². The number of aryl methyl sites for hydroxylation is 1. The third-order valence-corrected chi connectivity index (χ3v) is 3.63. The molecule has 1 heterocycles. The van der Waals surface area contributed by atoms with Crippen LogP contribution in [0.4, 0.5) is 0 Å². The van der Waals surface area contributed by atoms with Crippen molar-refractivity contribution in [3.8, 4) is 5.75 Å². The number of H-pyrrole nitrogens is 1. The molecule has 0 aliphatic rings. The second kappa shape index (κ2) is 7.44. The zero-order chi connectivity index (χ0) is 17.6. The second-order valence-electron chi connectivity index (χ2n) is 5.49. The van der Waals surface area contributed by atoms with Gasteiger partial charge in [-0.15, -0.1) is 0 Å². The van der Waals surface area contributed by atoms with Gasteiger partial charge >= 0.3 is 0 Å². The molecule has 0 atom stereocenters. The maximum absolute atomic E-state index is 12.0. The summed E-state index contributed by atoms with van der Waals surface area (Å²) < 4.78 is 5.43. The number of pyridine rings is 1. The third kappa shape index (κ3) is 4.11. The summed E-state index contributed by atoms with van der Waals surface area (Å²) in [6.45, 7) is 1.74. The van der Waals surface area contributed by atoms with Crippen molar-refractivity contribution >= 4 is 23.0 Å². The van der Waals surface area contributed by atoms with Crippen LogP contribution in [0.3, 0.4) is 0 Å². The molecule has 25 heavy (non-hydrogen) atoms. The quantitative estimate of drug-likeness (QED) is 0.554. The molecular formula is C19H17N3O3. The van der Waals surface area contributed by atoms with Gasteiger partial charge in [0.25, 0.3) is 11.5 Å². The van der Waals surface area contributed by atoms with Crippen molar-refractivity contribution in [1.82, 2.24) is 10.4 Å². The molecule has 6 heteroatoms. The predicted octanol–water partition coefficient (Wildman–Crippen LogP) is 2.37. The maximum atomic E-state index is 12.0. The van der Waals surface area contributed by atoms with E-state index in [1.165, 1.54) is 6.21 Å². The number of aromatic nitrogens is 1. The maximum Gasteiger partial charge on any atom is 0.277 e. The van der Waals surface area contributed by atoms with E-state index in [9.17, 15) is 9.59 Å². The van der Waals surface area contributed by atoms with Crippen LogP contribution >= 0.6 is 0 Å². The average Bonchev–Trinajstić information content (AvgIpc) is 2.61. The summed E-state index contributed by atoms with van der Waals surface area (Å²) in [6.07, 6.45) is 1.32. The van der Waals surface area contributed by atoms with Gasteiger partial charge in [0, 0.05) is 5.52 Å². The van der Waals surface area contributed by atoms with E-state index in [2.05, 4.69) is 15.5 Å². The number of ether oxygens (including phenoxy) is 1. The van der Waals surface area contributed by atoms with Crippen molar-refractivity contribution in [2.24, 2.45) is 5.10 Å². The van der Waals surface area contributed by atoms with E-state index in [1.807, 2.05) is 49.4 Å². The molecule has 1 aromatic heterocycles. The van der Waals surface area contributed by atoms with Gasteiger partial charge in [0.15, 0.2) is 6.61 Å². The molecule has 2 aromatic carbocycles. The predicted molar refractivity (Wildman–Crippen MR) is 97.0 cm³/mol. The van der Waals surface area contributed by atoms with Crippen molar-refractivity contribution in [3.05, 3.63) is 76.1 Å². The van der Waals surface area contributed by atoms with E-state index in [0.29, 0.717) is 11.3 Å². The average molecular weight is 335 g/mol. The number of fused-ring (bicyclic) bond motifs is 1. The number of carbonyl (C=O) groups is 1. The number of hydrogen-bond donors (Lipinski definition) is 2. The number of rotatable bonds is 5. The second-order valence-corrected chi connectivity index (χ2v) is 5.49. The lowest BCUT2D eigenvalue weighted by atomic mass is 10.2. The Kier molecular flexibility index (Phi) is 4.89. The normalized spacial score (nSPS) is 10.9. The van der Waals surface area contributed by atoms with Gasteiger partial charge in [-0.2, -0.15) is 5.10 Å². The fraction of sp³-hybridized carbons (Fsp3) is 0.105. The Morgan fingerprint density at radius 2 is 1.96 bits per heavy atom. The topological polar surface area (TPSA) is 83.5 Å². The first-order valence-electron chi connectivity index (χ1n) is 7.76. The fourth-order valence-corrected chi connectivity index (χ4v) is 2.33. The number of carbonyl (C=O) groups excluding carboxylic acids is 1. The highest BCUT2D eigenvalue weighted by atomic mass is 16.5. The van der Waals surface area contributed by atoms with E-state index in [-0.39, 0.29) is 12.2 Å². The minimum absolute atomic E-state index is 0.156. The number of nitrogens with one attached hydrogen (secondary N) is 2. The summed E-state index contributed by atoms with van der Waals surface area (Å²) in [4.78, 5) is 26.5. The number of amides is 1. The molecule has 0 bridgehead atoms. The molecule has 126 valence electrons. The van der Waals surface area contributed by atoms with Crippen molar-refractivity contribution < 1.29 is 9.53 Å². The van der Waals surface area contributed by atoms with E-state index in [1.54, 1.807) is 12.1 Å². The Labute approximate surface area is 144 Å².